The second-order valence-electron chi connectivity index (χ2n) is 9.51. The molecule has 1 amide bonds. The van der Waals surface area contributed by atoms with Gasteiger partial charge in [-0.3, -0.25) is 9.78 Å². The van der Waals surface area contributed by atoms with E-state index in [0.29, 0.717) is 12.3 Å². The molecule has 210 valence electrons. The number of pyridine rings is 1. The van der Waals surface area contributed by atoms with Crippen LogP contribution in [0.25, 0.3) is 11.1 Å². The van der Waals surface area contributed by atoms with Gasteiger partial charge in [-0.25, -0.2) is 13.1 Å². The van der Waals surface area contributed by atoms with Gasteiger partial charge in [-0.15, -0.1) is 0 Å². The van der Waals surface area contributed by atoms with Crippen LogP contribution in [0.3, 0.4) is 0 Å². The Balaban J connectivity index is 1.59. The van der Waals surface area contributed by atoms with E-state index in [2.05, 4.69) is 27.2 Å². The average Bonchev–Trinajstić information content (AvgIpc) is 2.92. The van der Waals surface area contributed by atoms with E-state index in [9.17, 15) is 18.3 Å². The lowest BCUT2D eigenvalue weighted by molar-refractivity contribution is 0.0975. The first-order valence-corrected chi connectivity index (χ1v) is 14.7. The number of ether oxygens (including phenoxy) is 1. The van der Waals surface area contributed by atoms with Crippen molar-refractivity contribution in [2.24, 2.45) is 0 Å². The largest absolute Gasteiger partial charge is 0.490 e. The molecule has 3 aromatic rings. The summed E-state index contributed by atoms with van der Waals surface area (Å²) in [6, 6.07) is 16.8. The summed E-state index contributed by atoms with van der Waals surface area (Å²) < 4.78 is 32.1. The molecule has 10 heteroatoms. The summed E-state index contributed by atoms with van der Waals surface area (Å²) in [4.78, 5) is 16.7. The zero-order valence-electron chi connectivity index (χ0n) is 22.3. The number of hydrogen-bond donors (Lipinski definition) is 4. The van der Waals surface area contributed by atoms with Crippen molar-refractivity contribution < 1.29 is 28.2 Å². The Hall–Kier alpha value is -3.31. The van der Waals surface area contributed by atoms with Crippen molar-refractivity contribution in [2.75, 3.05) is 25.4 Å². The smallest absolute Gasteiger partial charge is 0.268 e. The highest BCUT2D eigenvalue weighted by molar-refractivity contribution is 7.90. The fraction of sp³-hybridized carbons (Fsp3) is 0.379. The number of carbonyl (C=O) groups is 1. The second-order valence-corrected chi connectivity index (χ2v) is 11.4. The van der Waals surface area contributed by atoms with Crippen LogP contribution in [-0.4, -0.2) is 61.1 Å². The monoisotopic (exact) mass is 555 g/mol. The van der Waals surface area contributed by atoms with Gasteiger partial charge in [-0.05, 0) is 74.5 Å². The lowest BCUT2D eigenvalue weighted by atomic mass is 10.00. The van der Waals surface area contributed by atoms with E-state index >= 15 is 0 Å². The molecule has 0 fully saturated rings. The summed E-state index contributed by atoms with van der Waals surface area (Å²) in [5, 5.41) is 22.4. The lowest BCUT2D eigenvalue weighted by Crippen LogP contribution is -2.33. The molecular weight excluding hydrogens is 518 g/mol. The normalized spacial score (nSPS) is 12.3. The topological polar surface area (TPSA) is 138 Å². The van der Waals surface area contributed by atoms with Gasteiger partial charge in [0.05, 0.1) is 23.5 Å². The molecule has 0 spiro atoms. The van der Waals surface area contributed by atoms with Crippen LogP contribution < -0.4 is 14.8 Å². The zero-order valence-corrected chi connectivity index (χ0v) is 23.2. The average molecular weight is 556 g/mol. The first-order chi connectivity index (χ1) is 18.7. The number of nitrogens with one attached hydrogen (secondary N) is 2. The third-order valence-electron chi connectivity index (χ3n) is 5.92. The Kier molecular flexibility index (Phi) is 11.4. The number of sulfonamides is 1. The SMILES string of the molecule is CC(C)Oc1cc(-c2ccc(CCCNC[C@H](O)c3cccnc3)cc2)ccc1C(=O)NS(=O)(=O)CCCO. The van der Waals surface area contributed by atoms with Crippen LogP contribution in [-0.2, 0) is 16.4 Å². The number of benzene rings is 2. The first-order valence-electron chi connectivity index (χ1n) is 13.0. The van der Waals surface area contributed by atoms with Crippen molar-refractivity contribution >= 4 is 15.9 Å². The van der Waals surface area contributed by atoms with Crippen LogP contribution in [0.1, 0.15) is 54.3 Å². The highest BCUT2D eigenvalue weighted by atomic mass is 32.2. The highest BCUT2D eigenvalue weighted by Crippen LogP contribution is 2.29. The summed E-state index contributed by atoms with van der Waals surface area (Å²) in [7, 11) is -3.87. The summed E-state index contributed by atoms with van der Waals surface area (Å²) in [6.07, 6.45) is 4.37. The molecule has 0 aliphatic carbocycles. The van der Waals surface area contributed by atoms with Gasteiger partial charge in [-0.1, -0.05) is 36.4 Å². The van der Waals surface area contributed by atoms with Crippen molar-refractivity contribution in [1.82, 2.24) is 15.0 Å². The third kappa shape index (κ3) is 9.74. The second kappa shape index (κ2) is 14.7. The molecule has 9 nitrogen and oxygen atoms in total. The van der Waals surface area contributed by atoms with Crippen LogP contribution >= 0.6 is 0 Å². The van der Waals surface area contributed by atoms with Gasteiger partial charge in [0.25, 0.3) is 5.91 Å². The molecule has 0 saturated heterocycles. The van der Waals surface area contributed by atoms with Crippen LogP contribution in [0.2, 0.25) is 0 Å². The van der Waals surface area contributed by atoms with Crippen LogP contribution in [0.4, 0.5) is 0 Å². The lowest BCUT2D eigenvalue weighted by Gasteiger charge is -2.16. The Morgan fingerprint density at radius 2 is 1.79 bits per heavy atom. The maximum atomic E-state index is 12.7. The molecule has 4 N–H and O–H groups in total. The zero-order chi connectivity index (χ0) is 28.3. The minimum Gasteiger partial charge on any atom is -0.490 e. The standard InChI is InChI=1S/C29H37N3O6S/c1-21(2)38-28-18-24(12-13-26(28)29(35)32-39(36,37)17-5-16-33)23-10-8-22(9-11-23)6-3-14-31-20-27(34)25-7-4-15-30-19-25/h4,7-13,15,18-19,21,27,31,33-34H,3,5-6,14,16-17,20H2,1-2H3,(H,32,35)/t27-/m0/s1. The van der Waals surface area contributed by atoms with Gasteiger partial charge >= 0.3 is 0 Å². The molecule has 0 aliphatic rings. The summed E-state index contributed by atoms with van der Waals surface area (Å²) in [6.45, 7) is 4.62. The summed E-state index contributed by atoms with van der Waals surface area (Å²) >= 11 is 0. The number of aryl methyl sites for hydroxylation is 1. The fourth-order valence-corrected chi connectivity index (χ4v) is 4.96. The van der Waals surface area contributed by atoms with E-state index < -0.39 is 22.0 Å². The van der Waals surface area contributed by atoms with Gasteiger partial charge in [0, 0.05) is 31.1 Å². The van der Waals surface area contributed by atoms with Crippen molar-refractivity contribution in [3.63, 3.8) is 0 Å². The number of aliphatic hydroxyl groups excluding tert-OH is 2. The molecule has 1 aromatic heterocycles. The molecule has 0 aliphatic heterocycles. The van der Waals surface area contributed by atoms with Crippen LogP contribution in [0, 0.1) is 0 Å². The minimum absolute atomic E-state index is 0.0404. The van der Waals surface area contributed by atoms with E-state index in [0.717, 1.165) is 36.1 Å². The van der Waals surface area contributed by atoms with Crippen molar-refractivity contribution in [3.8, 4) is 16.9 Å². The van der Waals surface area contributed by atoms with Gasteiger partial charge in [0.2, 0.25) is 10.0 Å². The van der Waals surface area contributed by atoms with Crippen LogP contribution in [0.5, 0.6) is 5.75 Å². The first kappa shape index (κ1) is 30.2. The summed E-state index contributed by atoms with van der Waals surface area (Å²) in [5.41, 5.74) is 3.86. The number of carbonyl (C=O) groups excluding carboxylic acids is 1. The molecule has 3 rings (SSSR count). The molecule has 39 heavy (non-hydrogen) atoms. The highest BCUT2D eigenvalue weighted by Gasteiger charge is 2.20. The molecular formula is C29H37N3O6S. The number of rotatable bonds is 15. The van der Waals surface area contributed by atoms with E-state index in [1.54, 1.807) is 36.7 Å². The maximum absolute atomic E-state index is 12.7. The van der Waals surface area contributed by atoms with Gasteiger partial charge in [-0.2, -0.15) is 0 Å². The van der Waals surface area contributed by atoms with E-state index in [4.69, 9.17) is 9.84 Å². The Morgan fingerprint density at radius 1 is 1.05 bits per heavy atom. The van der Waals surface area contributed by atoms with E-state index in [-0.39, 0.29) is 30.4 Å². The van der Waals surface area contributed by atoms with Gasteiger partial charge < -0.3 is 20.3 Å². The number of aromatic nitrogens is 1. The quantitative estimate of drug-likeness (QED) is 0.210. The van der Waals surface area contributed by atoms with Crippen molar-refractivity contribution in [3.05, 3.63) is 83.7 Å². The minimum atomic E-state index is -3.87. The van der Waals surface area contributed by atoms with E-state index in [1.807, 2.05) is 32.0 Å². The molecule has 0 unspecified atom stereocenters. The number of hydrogen-bond acceptors (Lipinski definition) is 8. The number of aliphatic hydroxyl groups is 2. The predicted molar refractivity (Wildman–Crippen MR) is 151 cm³/mol. The molecule has 0 bridgehead atoms. The molecule has 2 aromatic carbocycles. The Labute approximate surface area is 230 Å². The molecule has 1 atom stereocenters. The molecule has 1 heterocycles. The fourth-order valence-electron chi connectivity index (χ4n) is 3.95. The molecule has 0 radical (unpaired) electrons. The maximum Gasteiger partial charge on any atom is 0.268 e. The van der Waals surface area contributed by atoms with Crippen molar-refractivity contribution in [1.29, 1.82) is 0 Å². The number of amides is 1. The molecule has 0 saturated carbocycles. The predicted octanol–water partition coefficient (Wildman–Crippen LogP) is 3.23. The van der Waals surface area contributed by atoms with Gasteiger partial charge in [0.15, 0.2) is 0 Å². The van der Waals surface area contributed by atoms with Crippen LogP contribution in [0.15, 0.2) is 67.0 Å². The third-order valence-corrected chi connectivity index (χ3v) is 7.24. The summed E-state index contributed by atoms with van der Waals surface area (Å²) in [5.74, 6) is -0.822. The Morgan fingerprint density at radius 3 is 2.46 bits per heavy atom. The van der Waals surface area contributed by atoms with Gasteiger partial charge in [0.1, 0.15) is 5.75 Å². The van der Waals surface area contributed by atoms with E-state index in [1.165, 1.54) is 5.56 Å². The number of nitrogens with zero attached hydrogens (tertiary/aromatic N) is 1. The van der Waals surface area contributed by atoms with Crippen molar-refractivity contribution in [2.45, 2.75) is 45.3 Å². The Bertz CT molecular complexity index is 1300.